The summed E-state index contributed by atoms with van der Waals surface area (Å²) < 4.78 is 5.22. The molecule has 2 atom stereocenters. The standard InChI is InChI=1S/C55H62N2Si/c1-10-27-55(28-11-2)49-24-18-17-22-42(49)48-30-40-25-26-44-41-21-15-16-23-43(41)52-32-45(36(3)4)54(58(7,8)9)35-57(52)51(44)29-38(6)56-34-37(5)46(39-19-13-12-14-20-39)33-53(56)47(40)31-50(48)55/h12-24,30-36,44,51H,6,10-11,25-29H2,1-5,7-9H3/q+2. The molecule has 2 nitrogen and oxygen atoms in total. The van der Waals surface area contributed by atoms with E-state index in [2.05, 4.69) is 179 Å². The third-order valence-corrected chi connectivity index (χ3v) is 16.1. The summed E-state index contributed by atoms with van der Waals surface area (Å²) in [4.78, 5) is 0. The minimum absolute atomic E-state index is 0.0191. The molecule has 0 bridgehead atoms. The van der Waals surface area contributed by atoms with E-state index in [1.165, 1.54) is 78.1 Å². The second kappa shape index (κ2) is 14.8. The van der Waals surface area contributed by atoms with Gasteiger partial charge < -0.3 is 0 Å². The Morgan fingerprint density at radius 1 is 0.724 bits per heavy atom. The summed E-state index contributed by atoms with van der Waals surface area (Å²) in [6, 6.07) is 40.3. The van der Waals surface area contributed by atoms with Crippen LogP contribution in [0.4, 0.5) is 0 Å². The van der Waals surface area contributed by atoms with Crippen LogP contribution < -0.4 is 14.3 Å². The van der Waals surface area contributed by atoms with E-state index in [-0.39, 0.29) is 11.5 Å². The first kappa shape index (κ1) is 38.6. The normalized spacial score (nSPS) is 17.7. The average molecular weight is 779 g/mol. The van der Waals surface area contributed by atoms with Gasteiger partial charge in [0.05, 0.1) is 20.1 Å². The quantitative estimate of drug-likeness (QED) is 0.113. The highest BCUT2D eigenvalue weighted by Crippen LogP contribution is 2.55. The van der Waals surface area contributed by atoms with E-state index in [0.29, 0.717) is 11.8 Å². The van der Waals surface area contributed by atoms with Gasteiger partial charge in [0.1, 0.15) is 0 Å². The second-order valence-corrected chi connectivity index (χ2v) is 24.1. The van der Waals surface area contributed by atoms with Crippen molar-refractivity contribution in [3.8, 4) is 44.8 Å². The highest BCUT2D eigenvalue weighted by molar-refractivity contribution is 6.89. The lowest BCUT2D eigenvalue weighted by atomic mass is 9.71. The molecular weight excluding hydrogens is 717 g/mol. The van der Waals surface area contributed by atoms with Gasteiger partial charge in [0.15, 0.2) is 24.1 Å². The van der Waals surface area contributed by atoms with Gasteiger partial charge in [-0.2, -0.15) is 9.13 Å². The molecule has 294 valence electrons. The van der Waals surface area contributed by atoms with E-state index >= 15 is 0 Å². The second-order valence-electron chi connectivity index (χ2n) is 19.1. The molecule has 9 rings (SSSR count). The first-order valence-electron chi connectivity index (χ1n) is 22.2. The van der Waals surface area contributed by atoms with E-state index in [1.807, 2.05) is 0 Å². The number of hydrogen-bond acceptors (Lipinski definition) is 0. The molecule has 58 heavy (non-hydrogen) atoms. The van der Waals surface area contributed by atoms with Crippen molar-refractivity contribution in [2.24, 2.45) is 0 Å². The van der Waals surface area contributed by atoms with E-state index in [4.69, 9.17) is 6.58 Å². The van der Waals surface area contributed by atoms with Gasteiger partial charge in [-0.3, -0.25) is 0 Å². The predicted octanol–water partition coefficient (Wildman–Crippen LogP) is 13.3. The van der Waals surface area contributed by atoms with Crippen molar-refractivity contribution >= 4 is 19.0 Å². The molecule has 0 radical (unpaired) electrons. The van der Waals surface area contributed by atoms with E-state index in [9.17, 15) is 0 Å². The van der Waals surface area contributed by atoms with Crippen LogP contribution in [0.15, 0.2) is 122 Å². The maximum atomic E-state index is 5.03. The van der Waals surface area contributed by atoms with Crippen molar-refractivity contribution in [3.63, 3.8) is 0 Å². The first-order valence-corrected chi connectivity index (χ1v) is 25.7. The van der Waals surface area contributed by atoms with Gasteiger partial charge in [-0.05, 0) is 113 Å². The van der Waals surface area contributed by atoms with Gasteiger partial charge in [-0.1, -0.05) is 133 Å². The Bertz CT molecular complexity index is 2560. The summed E-state index contributed by atoms with van der Waals surface area (Å²) in [5.41, 5.74) is 20.8. The van der Waals surface area contributed by atoms with Gasteiger partial charge in [0, 0.05) is 39.8 Å². The zero-order chi connectivity index (χ0) is 40.5. The Hall–Kier alpha value is -4.86. The van der Waals surface area contributed by atoms with E-state index in [0.717, 1.165) is 50.6 Å². The number of aryl methyl sites for hydroxylation is 2. The smallest absolute Gasteiger partial charge is 0.194 e. The fourth-order valence-electron chi connectivity index (χ4n) is 11.4. The molecule has 0 saturated carbocycles. The van der Waals surface area contributed by atoms with Crippen LogP contribution in [0.5, 0.6) is 0 Å². The number of hydrogen-bond donors (Lipinski definition) is 0. The van der Waals surface area contributed by atoms with Crippen LogP contribution in [-0.4, -0.2) is 8.07 Å². The highest BCUT2D eigenvalue weighted by Gasteiger charge is 2.46. The number of nitrogens with zero attached hydrogens (tertiary/aromatic N) is 2. The number of benzene rings is 4. The summed E-state index contributed by atoms with van der Waals surface area (Å²) >= 11 is 0. The summed E-state index contributed by atoms with van der Waals surface area (Å²) in [7, 11) is -1.67. The predicted molar refractivity (Wildman–Crippen MR) is 247 cm³/mol. The Morgan fingerprint density at radius 2 is 1.41 bits per heavy atom. The fraction of sp³-hybridized carbons (Fsp3) is 0.345. The van der Waals surface area contributed by atoms with Crippen molar-refractivity contribution in [1.82, 2.24) is 0 Å². The zero-order valence-corrected chi connectivity index (χ0v) is 37.3. The molecule has 3 heteroatoms. The molecule has 4 aromatic carbocycles. The van der Waals surface area contributed by atoms with Crippen molar-refractivity contribution in [2.75, 3.05) is 0 Å². The minimum Gasteiger partial charge on any atom is -0.194 e. The highest BCUT2D eigenvalue weighted by atomic mass is 28.3. The molecule has 0 N–H and O–H groups in total. The van der Waals surface area contributed by atoms with Crippen LogP contribution >= 0.6 is 0 Å². The number of aromatic nitrogens is 2. The van der Waals surface area contributed by atoms with Gasteiger partial charge in [-0.15, -0.1) is 0 Å². The summed E-state index contributed by atoms with van der Waals surface area (Å²) in [5.74, 6) is 0.821. The monoisotopic (exact) mass is 778 g/mol. The van der Waals surface area contributed by atoms with Crippen LogP contribution in [0.3, 0.4) is 0 Å². The number of pyridine rings is 2. The Balaban J connectivity index is 1.32. The maximum absolute atomic E-state index is 5.03. The van der Waals surface area contributed by atoms with Crippen LogP contribution in [0.2, 0.25) is 19.6 Å². The third kappa shape index (κ3) is 6.19. The molecule has 3 aliphatic rings. The van der Waals surface area contributed by atoms with Crippen LogP contribution in [0.25, 0.3) is 50.5 Å². The molecule has 2 unspecified atom stereocenters. The average Bonchev–Trinajstić information content (AvgIpc) is 3.47. The molecule has 0 fully saturated rings. The van der Waals surface area contributed by atoms with Crippen molar-refractivity contribution in [2.45, 2.75) is 122 Å². The largest absolute Gasteiger partial charge is 0.219 e. The van der Waals surface area contributed by atoms with Crippen molar-refractivity contribution in [1.29, 1.82) is 0 Å². The van der Waals surface area contributed by atoms with Gasteiger partial charge in [0.2, 0.25) is 11.4 Å². The summed E-state index contributed by atoms with van der Waals surface area (Å²) in [6.45, 7) is 24.4. The van der Waals surface area contributed by atoms with Crippen LogP contribution in [0, 0.1) is 6.92 Å². The fourth-order valence-corrected chi connectivity index (χ4v) is 13.2. The van der Waals surface area contributed by atoms with Crippen molar-refractivity contribution < 1.29 is 9.13 Å². The maximum Gasteiger partial charge on any atom is 0.219 e. The van der Waals surface area contributed by atoms with Gasteiger partial charge >= 0.3 is 0 Å². The summed E-state index contributed by atoms with van der Waals surface area (Å²) in [6.07, 6.45) is 12.6. The van der Waals surface area contributed by atoms with Gasteiger partial charge in [0.25, 0.3) is 0 Å². The zero-order valence-electron chi connectivity index (χ0n) is 36.3. The Kier molecular flexibility index (Phi) is 9.83. The minimum atomic E-state index is -1.67. The molecule has 6 aromatic rings. The molecule has 2 aromatic heterocycles. The lowest BCUT2D eigenvalue weighted by Gasteiger charge is -2.34. The van der Waals surface area contributed by atoms with Crippen molar-refractivity contribution in [3.05, 3.63) is 155 Å². The van der Waals surface area contributed by atoms with Crippen LogP contribution in [0.1, 0.15) is 117 Å². The first-order chi connectivity index (χ1) is 27.9. The topological polar surface area (TPSA) is 7.76 Å². The SMILES string of the molecule is C=C1CC2C(CCc3cc4c(cc3-c3cc(-c5ccccc5)c(C)c[n+]31)C(CCC)(CCC)c1ccccc1-4)c1ccccc1-c1cc(C(C)C)c([Si](C)(C)C)c[n+]12. The molecule has 0 amide bonds. The van der Waals surface area contributed by atoms with E-state index < -0.39 is 8.07 Å². The molecular formula is C55H62N2Si+2. The van der Waals surface area contributed by atoms with E-state index in [1.54, 1.807) is 5.19 Å². The number of fused-ring (bicyclic) bond motifs is 12. The van der Waals surface area contributed by atoms with Gasteiger partial charge in [-0.25, -0.2) is 0 Å². The lowest BCUT2D eigenvalue weighted by Crippen LogP contribution is -2.54. The molecule has 2 aliphatic heterocycles. The summed E-state index contributed by atoms with van der Waals surface area (Å²) in [5, 5.41) is 1.59. The lowest BCUT2D eigenvalue weighted by molar-refractivity contribution is -0.719. The Morgan fingerprint density at radius 3 is 2.12 bits per heavy atom. The molecule has 4 heterocycles. The molecule has 0 saturated heterocycles. The number of rotatable bonds is 7. The van der Waals surface area contributed by atoms with Crippen LogP contribution in [-0.2, 0) is 11.8 Å². The Labute approximate surface area is 349 Å². The number of allylic oxidation sites excluding steroid dienone is 1. The third-order valence-electron chi connectivity index (χ3n) is 14.0. The molecule has 0 spiro atoms. The molecule has 1 aliphatic carbocycles.